The van der Waals surface area contributed by atoms with Crippen LogP contribution in [0.3, 0.4) is 0 Å². The van der Waals surface area contributed by atoms with Crippen LogP contribution < -0.4 is 10.6 Å². The van der Waals surface area contributed by atoms with Crippen LogP contribution >= 0.6 is 0 Å². The molecule has 3 heterocycles. The number of hydrogen-bond acceptors (Lipinski definition) is 6. The standard InChI is InChI=1S/C21H26FN7O2/c22-20(2-3-20)12-29-11-14-9-24-17(7-16(14)28-29)19-18(10-26-27-19)23-6-1-15(31)8-21(4-5-21)25-13-30/h7,9-11,13,15,23,31H,1-6,8,12H2,(H,25,30)(H,26,27). The molecule has 5 rings (SSSR count). The van der Waals surface area contributed by atoms with Crippen molar-refractivity contribution in [2.45, 2.75) is 62.4 Å². The summed E-state index contributed by atoms with van der Waals surface area (Å²) in [5.41, 5.74) is 1.63. The molecule has 3 aromatic heterocycles. The van der Waals surface area contributed by atoms with Gasteiger partial charge in [0.15, 0.2) is 0 Å². The van der Waals surface area contributed by atoms with Crippen molar-refractivity contribution in [2.24, 2.45) is 0 Å². The third-order valence-corrected chi connectivity index (χ3v) is 6.21. The van der Waals surface area contributed by atoms with Crippen molar-refractivity contribution in [3.63, 3.8) is 0 Å². The van der Waals surface area contributed by atoms with Crippen LogP contribution in [-0.2, 0) is 11.3 Å². The predicted octanol–water partition coefficient (Wildman–Crippen LogP) is 2.16. The number of aliphatic hydroxyl groups is 1. The Kier molecular flexibility index (Phi) is 4.88. The fourth-order valence-electron chi connectivity index (χ4n) is 4.00. The Morgan fingerprint density at radius 1 is 1.32 bits per heavy atom. The molecule has 9 nitrogen and oxygen atoms in total. The molecule has 0 aliphatic heterocycles. The quantitative estimate of drug-likeness (QED) is 0.348. The number of anilines is 1. The number of pyridine rings is 1. The van der Waals surface area contributed by atoms with Crippen molar-refractivity contribution in [1.29, 1.82) is 0 Å². The van der Waals surface area contributed by atoms with Gasteiger partial charge in [-0.25, -0.2) is 4.39 Å². The van der Waals surface area contributed by atoms with Gasteiger partial charge in [-0.3, -0.25) is 19.6 Å². The van der Waals surface area contributed by atoms with E-state index in [4.69, 9.17) is 0 Å². The Morgan fingerprint density at radius 2 is 2.16 bits per heavy atom. The fourth-order valence-corrected chi connectivity index (χ4v) is 4.00. The number of rotatable bonds is 11. The third kappa shape index (κ3) is 4.39. The number of halogens is 1. The Labute approximate surface area is 178 Å². The normalized spacial score (nSPS) is 19.2. The number of nitrogens with one attached hydrogen (secondary N) is 3. The molecule has 2 saturated carbocycles. The average molecular weight is 427 g/mol. The highest BCUT2D eigenvalue weighted by Gasteiger charge is 2.44. The van der Waals surface area contributed by atoms with Crippen LogP contribution in [0.5, 0.6) is 0 Å². The lowest BCUT2D eigenvalue weighted by atomic mass is 10.1. The van der Waals surface area contributed by atoms with E-state index in [1.807, 2.05) is 12.3 Å². The lowest BCUT2D eigenvalue weighted by Gasteiger charge is -2.19. The average Bonchev–Trinajstić information content (AvgIpc) is 3.53. The van der Waals surface area contributed by atoms with Crippen LogP contribution in [0.4, 0.5) is 10.1 Å². The summed E-state index contributed by atoms with van der Waals surface area (Å²) in [5.74, 6) is 0. The largest absolute Gasteiger partial charge is 0.393 e. The van der Waals surface area contributed by atoms with Crippen LogP contribution in [0, 0.1) is 0 Å². The van der Waals surface area contributed by atoms with Gasteiger partial charge >= 0.3 is 0 Å². The first kappa shape index (κ1) is 19.9. The molecule has 0 bridgehead atoms. The van der Waals surface area contributed by atoms with E-state index in [2.05, 4.69) is 30.9 Å². The van der Waals surface area contributed by atoms with Gasteiger partial charge in [-0.2, -0.15) is 10.2 Å². The van der Waals surface area contributed by atoms with E-state index >= 15 is 0 Å². The first-order chi connectivity index (χ1) is 15.0. The molecule has 0 radical (unpaired) electrons. The zero-order chi connectivity index (χ0) is 21.5. The molecule has 2 fully saturated rings. The number of alkyl halides is 1. The second-order valence-electron chi connectivity index (χ2n) is 8.88. The summed E-state index contributed by atoms with van der Waals surface area (Å²) in [6, 6.07) is 1.86. The van der Waals surface area contributed by atoms with Crippen molar-refractivity contribution in [1.82, 2.24) is 30.3 Å². The minimum atomic E-state index is -1.11. The molecule has 2 aliphatic rings. The molecular weight excluding hydrogens is 401 g/mol. The van der Waals surface area contributed by atoms with Crippen LogP contribution in [0.1, 0.15) is 38.5 Å². The highest BCUT2D eigenvalue weighted by atomic mass is 19.1. The smallest absolute Gasteiger partial charge is 0.207 e. The van der Waals surface area contributed by atoms with Gasteiger partial charge in [-0.05, 0) is 44.6 Å². The molecule has 164 valence electrons. The van der Waals surface area contributed by atoms with Gasteiger partial charge in [0.1, 0.15) is 11.4 Å². The monoisotopic (exact) mass is 427 g/mol. The van der Waals surface area contributed by atoms with Gasteiger partial charge in [-0.15, -0.1) is 0 Å². The van der Waals surface area contributed by atoms with Gasteiger partial charge < -0.3 is 15.7 Å². The molecule has 0 spiro atoms. The van der Waals surface area contributed by atoms with Crippen molar-refractivity contribution in [3.8, 4) is 11.4 Å². The zero-order valence-electron chi connectivity index (χ0n) is 17.1. The number of aromatic nitrogens is 5. The van der Waals surface area contributed by atoms with Gasteiger partial charge in [0.25, 0.3) is 0 Å². The lowest BCUT2D eigenvalue weighted by Crippen LogP contribution is -2.34. The minimum absolute atomic E-state index is 0.216. The summed E-state index contributed by atoms with van der Waals surface area (Å²) in [5, 5.41) is 28.9. The number of H-pyrrole nitrogens is 1. The minimum Gasteiger partial charge on any atom is -0.393 e. The topological polar surface area (TPSA) is 121 Å². The van der Waals surface area contributed by atoms with Crippen LogP contribution in [0.15, 0.2) is 24.7 Å². The Hall–Kier alpha value is -3.01. The maximum atomic E-state index is 14.0. The van der Waals surface area contributed by atoms with Gasteiger partial charge in [0.2, 0.25) is 6.41 Å². The van der Waals surface area contributed by atoms with Crippen LogP contribution in [-0.4, -0.2) is 60.3 Å². The highest BCUT2D eigenvalue weighted by molar-refractivity contribution is 5.83. The Balaban J connectivity index is 1.22. The highest BCUT2D eigenvalue weighted by Crippen LogP contribution is 2.41. The number of carbonyl (C=O) groups excluding carboxylic acids is 1. The number of nitrogens with zero attached hydrogens (tertiary/aromatic N) is 4. The van der Waals surface area contributed by atoms with Gasteiger partial charge in [0.05, 0.1) is 35.7 Å². The van der Waals surface area contributed by atoms with E-state index in [-0.39, 0.29) is 12.1 Å². The first-order valence-electron chi connectivity index (χ1n) is 10.7. The van der Waals surface area contributed by atoms with Crippen molar-refractivity contribution in [3.05, 3.63) is 24.7 Å². The molecule has 0 saturated heterocycles. The van der Waals surface area contributed by atoms with E-state index < -0.39 is 11.8 Å². The van der Waals surface area contributed by atoms with Crippen molar-refractivity contribution < 1.29 is 14.3 Å². The third-order valence-electron chi connectivity index (χ3n) is 6.21. The number of amides is 1. The van der Waals surface area contributed by atoms with E-state index in [1.165, 1.54) is 0 Å². The first-order valence-corrected chi connectivity index (χ1v) is 10.7. The summed E-state index contributed by atoms with van der Waals surface area (Å²) in [6.07, 6.45) is 9.59. The van der Waals surface area contributed by atoms with E-state index in [9.17, 15) is 14.3 Å². The second kappa shape index (κ2) is 7.60. The number of aliphatic hydroxyl groups excluding tert-OH is 1. The molecule has 0 aromatic carbocycles. The number of hydrogen-bond donors (Lipinski definition) is 4. The fraction of sp³-hybridized carbons (Fsp3) is 0.524. The summed E-state index contributed by atoms with van der Waals surface area (Å²) in [4.78, 5) is 15.2. The predicted molar refractivity (Wildman–Crippen MR) is 113 cm³/mol. The summed E-state index contributed by atoms with van der Waals surface area (Å²) in [7, 11) is 0. The summed E-state index contributed by atoms with van der Waals surface area (Å²) in [6.45, 7) is 0.834. The van der Waals surface area contributed by atoms with E-state index in [0.717, 1.165) is 35.1 Å². The summed E-state index contributed by atoms with van der Waals surface area (Å²) < 4.78 is 15.7. The molecule has 3 aromatic rings. The number of aromatic amines is 1. The lowest BCUT2D eigenvalue weighted by molar-refractivity contribution is -0.110. The van der Waals surface area contributed by atoms with Gasteiger partial charge in [-0.1, -0.05) is 0 Å². The van der Waals surface area contributed by atoms with Crippen LogP contribution in [0.2, 0.25) is 0 Å². The van der Waals surface area contributed by atoms with E-state index in [0.29, 0.717) is 44.3 Å². The molecule has 1 amide bonds. The van der Waals surface area contributed by atoms with Crippen molar-refractivity contribution >= 4 is 23.0 Å². The molecular formula is C21H26FN7O2. The second-order valence-corrected chi connectivity index (χ2v) is 8.88. The Bertz CT molecular complexity index is 1090. The molecule has 1 unspecified atom stereocenters. The molecule has 31 heavy (non-hydrogen) atoms. The molecule has 2 aliphatic carbocycles. The van der Waals surface area contributed by atoms with Crippen molar-refractivity contribution in [2.75, 3.05) is 11.9 Å². The SMILES string of the molecule is O=CNC1(CC(O)CCNc2cn[nH]c2-c2cc3nn(CC4(F)CC4)cc3cn2)CC1. The summed E-state index contributed by atoms with van der Waals surface area (Å²) >= 11 is 0. The maximum absolute atomic E-state index is 14.0. The Morgan fingerprint density at radius 3 is 2.90 bits per heavy atom. The zero-order valence-corrected chi connectivity index (χ0v) is 17.1. The van der Waals surface area contributed by atoms with E-state index in [1.54, 1.807) is 17.1 Å². The molecule has 4 N–H and O–H groups in total. The maximum Gasteiger partial charge on any atom is 0.207 e. The number of carbonyl (C=O) groups is 1. The van der Waals surface area contributed by atoms with Gasteiger partial charge in [0, 0.05) is 29.9 Å². The van der Waals surface area contributed by atoms with Crippen LogP contribution in [0.25, 0.3) is 22.3 Å². The number of fused-ring (bicyclic) bond motifs is 1. The molecule has 10 heteroatoms. The molecule has 1 atom stereocenters.